The molecule has 6 heteroatoms. The summed E-state index contributed by atoms with van der Waals surface area (Å²) in [7, 11) is 5.45. The Morgan fingerprint density at radius 3 is 2.94 bits per heavy atom. The predicted molar refractivity (Wildman–Crippen MR) is 68.4 cm³/mol. The Balaban J connectivity index is 2.44. The molecule has 0 unspecified atom stereocenters. The molecule has 2 rings (SSSR count). The van der Waals surface area contributed by atoms with Crippen LogP contribution in [0.2, 0.25) is 0 Å². The van der Waals surface area contributed by atoms with Gasteiger partial charge in [0.15, 0.2) is 0 Å². The number of hydrogen-bond donors (Lipinski definition) is 1. The maximum absolute atomic E-state index is 5.37. The molecule has 1 N–H and O–H groups in total. The van der Waals surface area contributed by atoms with Crippen molar-refractivity contribution in [1.82, 2.24) is 20.1 Å². The average molecular weight is 252 g/mol. The highest BCUT2D eigenvalue weighted by molar-refractivity contribution is 7.15. The van der Waals surface area contributed by atoms with Gasteiger partial charge in [-0.05, 0) is 14.0 Å². The number of hydrogen-bond acceptors (Lipinski definition) is 5. The number of aromatic nitrogens is 3. The molecule has 0 fully saturated rings. The second-order valence-corrected chi connectivity index (χ2v) is 4.87. The van der Waals surface area contributed by atoms with Crippen LogP contribution in [0.1, 0.15) is 10.6 Å². The van der Waals surface area contributed by atoms with Gasteiger partial charge in [0, 0.05) is 24.7 Å². The van der Waals surface area contributed by atoms with E-state index >= 15 is 0 Å². The molecule has 92 valence electrons. The number of nitrogens with zero attached hydrogens (tertiary/aromatic N) is 3. The molecule has 2 aromatic rings. The van der Waals surface area contributed by atoms with Gasteiger partial charge in [0.05, 0.1) is 18.4 Å². The van der Waals surface area contributed by atoms with Crippen LogP contribution in [0.3, 0.4) is 0 Å². The fraction of sp³-hybridized carbons (Fsp3) is 0.455. The molecular formula is C11H16N4OS. The molecule has 0 aromatic carbocycles. The first-order valence-electron chi connectivity index (χ1n) is 5.34. The first kappa shape index (κ1) is 12.1. The van der Waals surface area contributed by atoms with Gasteiger partial charge >= 0.3 is 0 Å². The van der Waals surface area contributed by atoms with Gasteiger partial charge in [-0.3, -0.25) is 0 Å². The molecule has 5 nitrogen and oxygen atoms in total. The minimum Gasteiger partial charge on any atom is -0.481 e. The molecule has 0 aliphatic carbocycles. The molecule has 2 heterocycles. The van der Waals surface area contributed by atoms with Gasteiger partial charge in [-0.1, -0.05) is 0 Å². The third kappa shape index (κ3) is 2.18. The van der Waals surface area contributed by atoms with Gasteiger partial charge < -0.3 is 10.1 Å². The van der Waals surface area contributed by atoms with Crippen LogP contribution in [-0.4, -0.2) is 28.9 Å². The molecule has 0 amide bonds. The molecule has 0 saturated carbocycles. The Labute approximate surface area is 104 Å². The van der Waals surface area contributed by atoms with Crippen molar-refractivity contribution in [2.24, 2.45) is 7.05 Å². The van der Waals surface area contributed by atoms with E-state index in [1.54, 1.807) is 23.1 Å². The van der Waals surface area contributed by atoms with E-state index in [-0.39, 0.29) is 0 Å². The van der Waals surface area contributed by atoms with Crippen molar-refractivity contribution in [2.45, 2.75) is 13.5 Å². The maximum Gasteiger partial charge on any atom is 0.222 e. The Hall–Kier alpha value is -1.40. The monoisotopic (exact) mass is 252 g/mol. The summed E-state index contributed by atoms with van der Waals surface area (Å²) in [6.07, 6.45) is 1.89. The van der Waals surface area contributed by atoms with Crippen molar-refractivity contribution in [3.8, 4) is 16.5 Å². The predicted octanol–water partition coefficient (Wildman–Crippen LogP) is 1.58. The topological polar surface area (TPSA) is 52.0 Å². The summed E-state index contributed by atoms with van der Waals surface area (Å²) in [5.74, 6) is 0.757. The molecule has 0 bridgehead atoms. The minimum absolute atomic E-state index is 0.757. The van der Waals surface area contributed by atoms with Crippen molar-refractivity contribution < 1.29 is 4.74 Å². The third-order valence-corrected chi connectivity index (χ3v) is 3.50. The van der Waals surface area contributed by atoms with E-state index in [1.807, 2.05) is 27.2 Å². The molecule has 0 saturated heterocycles. The number of ether oxygens (including phenoxy) is 1. The molecule has 2 aromatic heterocycles. The summed E-state index contributed by atoms with van der Waals surface area (Å²) < 4.78 is 7.11. The van der Waals surface area contributed by atoms with Crippen molar-refractivity contribution in [2.75, 3.05) is 14.2 Å². The normalized spacial score (nSPS) is 10.8. The lowest BCUT2D eigenvalue weighted by molar-refractivity contribution is 0.375. The Kier molecular flexibility index (Phi) is 3.44. The molecular weight excluding hydrogens is 236 g/mol. The van der Waals surface area contributed by atoms with E-state index in [1.165, 1.54) is 4.88 Å². The largest absolute Gasteiger partial charge is 0.481 e. The first-order chi connectivity index (χ1) is 8.17. The highest BCUT2D eigenvalue weighted by Crippen LogP contribution is 2.35. The van der Waals surface area contributed by atoms with E-state index in [9.17, 15) is 0 Å². The SMILES string of the molecule is CNCc1cnc(-c2c(C)nn(C)c2OC)s1. The van der Waals surface area contributed by atoms with Crippen LogP contribution in [0.5, 0.6) is 5.88 Å². The van der Waals surface area contributed by atoms with Gasteiger partial charge in [0.1, 0.15) is 5.01 Å². The Bertz CT molecular complexity index is 518. The zero-order chi connectivity index (χ0) is 12.4. The first-order valence-corrected chi connectivity index (χ1v) is 6.16. The van der Waals surface area contributed by atoms with Gasteiger partial charge in [0.25, 0.3) is 0 Å². The number of rotatable bonds is 4. The minimum atomic E-state index is 0.757. The van der Waals surface area contributed by atoms with Crippen molar-refractivity contribution in [3.63, 3.8) is 0 Å². The van der Waals surface area contributed by atoms with Gasteiger partial charge in [0.2, 0.25) is 5.88 Å². The molecule has 17 heavy (non-hydrogen) atoms. The van der Waals surface area contributed by atoms with E-state index in [2.05, 4.69) is 15.4 Å². The number of nitrogens with one attached hydrogen (secondary N) is 1. The average Bonchev–Trinajstić information content (AvgIpc) is 2.83. The molecule has 0 aliphatic rings. The molecule has 0 radical (unpaired) electrons. The van der Waals surface area contributed by atoms with Crippen LogP contribution in [0, 0.1) is 6.92 Å². The smallest absolute Gasteiger partial charge is 0.222 e. The van der Waals surface area contributed by atoms with E-state index in [0.29, 0.717) is 0 Å². The fourth-order valence-electron chi connectivity index (χ4n) is 1.80. The third-order valence-electron chi connectivity index (χ3n) is 2.48. The number of aryl methyl sites for hydroxylation is 2. The van der Waals surface area contributed by atoms with Crippen LogP contribution in [0.4, 0.5) is 0 Å². The lowest BCUT2D eigenvalue weighted by Gasteiger charge is -2.01. The van der Waals surface area contributed by atoms with E-state index in [4.69, 9.17) is 4.74 Å². The van der Waals surface area contributed by atoms with Crippen LogP contribution in [0.25, 0.3) is 10.6 Å². The zero-order valence-electron chi connectivity index (χ0n) is 10.4. The van der Waals surface area contributed by atoms with Gasteiger partial charge in [-0.15, -0.1) is 11.3 Å². The Morgan fingerprint density at radius 2 is 2.29 bits per heavy atom. The van der Waals surface area contributed by atoms with Crippen molar-refractivity contribution in [1.29, 1.82) is 0 Å². The summed E-state index contributed by atoms with van der Waals surface area (Å²) >= 11 is 1.66. The summed E-state index contributed by atoms with van der Waals surface area (Å²) in [6, 6.07) is 0. The molecule has 0 spiro atoms. The lowest BCUT2D eigenvalue weighted by Crippen LogP contribution is -2.02. The second-order valence-electron chi connectivity index (χ2n) is 3.76. The highest BCUT2D eigenvalue weighted by Gasteiger charge is 2.18. The summed E-state index contributed by atoms with van der Waals surface area (Å²) in [6.45, 7) is 2.80. The highest BCUT2D eigenvalue weighted by atomic mass is 32.1. The van der Waals surface area contributed by atoms with Gasteiger partial charge in [-0.2, -0.15) is 5.10 Å². The van der Waals surface area contributed by atoms with Gasteiger partial charge in [-0.25, -0.2) is 9.67 Å². The standard InChI is InChI=1S/C11H16N4OS/c1-7-9(11(16-4)15(3)14-7)10-13-6-8(17-10)5-12-2/h6,12H,5H2,1-4H3. The van der Waals surface area contributed by atoms with Crippen LogP contribution in [-0.2, 0) is 13.6 Å². The summed E-state index contributed by atoms with van der Waals surface area (Å²) in [5.41, 5.74) is 1.93. The van der Waals surface area contributed by atoms with Crippen molar-refractivity contribution in [3.05, 3.63) is 16.8 Å². The Morgan fingerprint density at radius 1 is 1.53 bits per heavy atom. The number of thiazole rings is 1. The van der Waals surface area contributed by atoms with E-state index < -0.39 is 0 Å². The summed E-state index contributed by atoms with van der Waals surface area (Å²) in [4.78, 5) is 5.63. The zero-order valence-corrected chi connectivity index (χ0v) is 11.3. The maximum atomic E-state index is 5.37. The lowest BCUT2D eigenvalue weighted by atomic mass is 10.2. The van der Waals surface area contributed by atoms with E-state index in [0.717, 1.165) is 28.7 Å². The van der Waals surface area contributed by atoms with Crippen molar-refractivity contribution >= 4 is 11.3 Å². The second kappa shape index (κ2) is 4.85. The van der Waals surface area contributed by atoms with Crippen LogP contribution >= 0.6 is 11.3 Å². The number of methoxy groups -OCH3 is 1. The fourth-order valence-corrected chi connectivity index (χ4v) is 2.81. The quantitative estimate of drug-likeness (QED) is 0.897. The molecule has 0 atom stereocenters. The molecule has 0 aliphatic heterocycles. The van der Waals surface area contributed by atoms with Crippen LogP contribution in [0.15, 0.2) is 6.20 Å². The summed E-state index contributed by atoms with van der Waals surface area (Å²) in [5, 5.41) is 8.43. The van der Waals surface area contributed by atoms with Crippen LogP contribution < -0.4 is 10.1 Å².